The molecule has 2 aromatic carbocycles. The number of hydrogen-bond acceptors (Lipinski definition) is 3. The largest absolute Gasteiger partial charge is 0.497 e. The summed E-state index contributed by atoms with van der Waals surface area (Å²) in [5.74, 6) is 0.283. The van der Waals surface area contributed by atoms with Gasteiger partial charge in [-0.3, -0.25) is 0 Å². The van der Waals surface area contributed by atoms with Crippen LogP contribution in [0.2, 0.25) is 0 Å². The third-order valence-corrected chi connectivity index (χ3v) is 3.98. The number of rotatable bonds is 5. The molecule has 1 atom stereocenters. The fourth-order valence-electron chi connectivity index (χ4n) is 1.74. The maximum absolute atomic E-state index is 13.5. The minimum atomic E-state index is -0.455. The SMILES string of the molecule is COc1cccc(C(N)CSc2cc(F)ccc2F)c1. The van der Waals surface area contributed by atoms with E-state index in [9.17, 15) is 8.78 Å². The molecule has 0 fully saturated rings. The van der Waals surface area contributed by atoms with Gasteiger partial charge in [-0.15, -0.1) is 11.8 Å². The second-order valence-corrected chi connectivity index (χ2v) is 5.33. The zero-order valence-corrected chi connectivity index (χ0v) is 11.8. The van der Waals surface area contributed by atoms with Gasteiger partial charge in [0.05, 0.1) is 7.11 Å². The van der Waals surface area contributed by atoms with E-state index in [1.807, 2.05) is 24.3 Å². The minimum Gasteiger partial charge on any atom is -0.497 e. The Hall–Kier alpha value is -1.59. The summed E-state index contributed by atoms with van der Waals surface area (Å²) in [5.41, 5.74) is 6.96. The lowest BCUT2D eigenvalue weighted by Crippen LogP contribution is -2.13. The molecule has 0 aliphatic carbocycles. The molecule has 0 saturated heterocycles. The molecule has 2 aromatic rings. The third-order valence-electron chi connectivity index (χ3n) is 2.83. The highest BCUT2D eigenvalue weighted by atomic mass is 32.2. The summed E-state index contributed by atoms with van der Waals surface area (Å²) in [6, 6.07) is 10.5. The van der Waals surface area contributed by atoms with E-state index in [1.165, 1.54) is 17.8 Å². The molecule has 0 amide bonds. The van der Waals surface area contributed by atoms with Crippen molar-refractivity contribution in [3.8, 4) is 5.75 Å². The van der Waals surface area contributed by atoms with Gasteiger partial charge in [-0.2, -0.15) is 0 Å². The zero-order valence-electron chi connectivity index (χ0n) is 11.0. The first-order valence-electron chi connectivity index (χ1n) is 6.07. The molecule has 0 radical (unpaired) electrons. The Morgan fingerprint density at radius 3 is 2.75 bits per heavy atom. The topological polar surface area (TPSA) is 35.2 Å². The Morgan fingerprint density at radius 1 is 1.20 bits per heavy atom. The molecule has 0 aliphatic rings. The lowest BCUT2D eigenvalue weighted by molar-refractivity contribution is 0.414. The van der Waals surface area contributed by atoms with Crippen molar-refractivity contribution in [2.75, 3.05) is 12.9 Å². The maximum atomic E-state index is 13.5. The van der Waals surface area contributed by atoms with Gasteiger partial charge >= 0.3 is 0 Å². The lowest BCUT2D eigenvalue weighted by atomic mass is 10.1. The molecule has 0 aromatic heterocycles. The number of hydrogen-bond donors (Lipinski definition) is 1. The van der Waals surface area contributed by atoms with Crippen molar-refractivity contribution in [2.24, 2.45) is 5.73 Å². The quantitative estimate of drug-likeness (QED) is 0.853. The van der Waals surface area contributed by atoms with E-state index in [2.05, 4.69) is 0 Å². The summed E-state index contributed by atoms with van der Waals surface area (Å²) >= 11 is 1.20. The van der Waals surface area contributed by atoms with Crippen molar-refractivity contribution in [3.63, 3.8) is 0 Å². The maximum Gasteiger partial charge on any atom is 0.136 e. The van der Waals surface area contributed by atoms with Gasteiger partial charge in [0.25, 0.3) is 0 Å². The summed E-state index contributed by atoms with van der Waals surface area (Å²) in [5, 5.41) is 0. The monoisotopic (exact) mass is 295 g/mol. The van der Waals surface area contributed by atoms with Crippen LogP contribution in [-0.2, 0) is 0 Å². The van der Waals surface area contributed by atoms with Crippen LogP contribution in [0.25, 0.3) is 0 Å². The molecule has 20 heavy (non-hydrogen) atoms. The average Bonchev–Trinajstić information content (AvgIpc) is 2.48. The first-order valence-corrected chi connectivity index (χ1v) is 7.06. The molecule has 0 saturated carbocycles. The molecule has 0 bridgehead atoms. The highest BCUT2D eigenvalue weighted by Crippen LogP contribution is 2.27. The smallest absolute Gasteiger partial charge is 0.136 e. The standard InChI is InChI=1S/C15H15F2NOS/c1-19-12-4-2-3-10(7-12)14(18)9-20-15-8-11(16)5-6-13(15)17/h2-8,14H,9,18H2,1H3. The van der Waals surface area contributed by atoms with Crippen LogP contribution >= 0.6 is 11.8 Å². The fourth-order valence-corrected chi connectivity index (χ4v) is 2.69. The Labute approximate surface area is 120 Å². The third kappa shape index (κ3) is 3.71. The zero-order chi connectivity index (χ0) is 14.5. The Kier molecular flexibility index (Phi) is 4.98. The number of thioether (sulfide) groups is 1. The van der Waals surface area contributed by atoms with Crippen LogP contribution in [0, 0.1) is 11.6 Å². The predicted molar refractivity (Wildman–Crippen MR) is 77.0 cm³/mol. The molecule has 1 unspecified atom stereocenters. The van der Waals surface area contributed by atoms with Gasteiger partial charge in [0.15, 0.2) is 0 Å². The van der Waals surface area contributed by atoms with Crippen LogP contribution in [0.3, 0.4) is 0 Å². The average molecular weight is 295 g/mol. The molecule has 5 heteroatoms. The van der Waals surface area contributed by atoms with Crippen LogP contribution in [0.5, 0.6) is 5.75 Å². The molecule has 2 nitrogen and oxygen atoms in total. The van der Waals surface area contributed by atoms with E-state index in [0.717, 1.165) is 23.4 Å². The normalized spacial score (nSPS) is 12.2. The number of methoxy groups -OCH3 is 1. The van der Waals surface area contributed by atoms with Crippen LogP contribution in [0.4, 0.5) is 8.78 Å². The number of halogens is 2. The molecular weight excluding hydrogens is 280 g/mol. The van der Waals surface area contributed by atoms with Crippen molar-refractivity contribution >= 4 is 11.8 Å². The summed E-state index contributed by atoms with van der Waals surface area (Å²) in [6.45, 7) is 0. The Balaban J connectivity index is 2.04. The van der Waals surface area contributed by atoms with Crippen LogP contribution in [-0.4, -0.2) is 12.9 Å². The van der Waals surface area contributed by atoms with E-state index >= 15 is 0 Å². The van der Waals surface area contributed by atoms with E-state index in [1.54, 1.807) is 7.11 Å². The van der Waals surface area contributed by atoms with Gasteiger partial charge in [0, 0.05) is 16.7 Å². The van der Waals surface area contributed by atoms with E-state index in [4.69, 9.17) is 10.5 Å². The Bertz CT molecular complexity index is 592. The first kappa shape index (κ1) is 14.8. The van der Waals surface area contributed by atoms with E-state index in [-0.39, 0.29) is 10.9 Å². The van der Waals surface area contributed by atoms with Crippen molar-refractivity contribution in [1.29, 1.82) is 0 Å². The number of benzene rings is 2. The Morgan fingerprint density at radius 2 is 2.00 bits per heavy atom. The van der Waals surface area contributed by atoms with Crippen LogP contribution in [0.15, 0.2) is 47.4 Å². The minimum absolute atomic E-state index is 0.267. The lowest BCUT2D eigenvalue weighted by Gasteiger charge is -2.13. The highest BCUT2D eigenvalue weighted by Gasteiger charge is 2.10. The van der Waals surface area contributed by atoms with Gasteiger partial charge < -0.3 is 10.5 Å². The molecule has 2 rings (SSSR count). The van der Waals surface area contributed by atoms with Crippen LogP contribution < -0.4 is 10.5 Å². The van der Waals surface area contributed by atoms with Gasteiger partial charge in [-0.25, -0.2) is 8.78 Å². The number of nitrogens with two attached hydrogens (primary N) is 1. The molecule has 0 heterocycles. The first-order chi connectivity index (χ1) is 9.60. The highest BCUT2D eigenvalue weighted by molar-refractivity contribution is 7.99. The second-order valence-electron chi connectivity index (χ2n) is 4.27. The van der Waals surface area contributed by atoms with Gasteiger partial charge in [0.1, 0.15) is 17.4 Å². The molecular formula is C15H15F2NOS. The number of ether oxygens (including phenoxy) is 1. The van der Waals surface area contributed by atoms with Crippen molar-refractivity contribution < 1.29 is 13.5 Å². The second kappa shape index (κ2) is 6.72. The summed E-state index contributed by atoms with van der Waals surface area (Å²) in [6.07, 6.45) is 0. The van der Waals surface area contributed by atoms with Gasteiger partial charge in [-0.1, -0.05) is 12.1 Å². The molecule has 2 N–H and O–H groups in total. The predicted octanol–water partition coefficient (Wildman–Crippen LogP) is 3.77. The van der Waals surface area contributed by atoms with Crippen LogP contribution in [0.1, 0.15) is 11.6 Å². The fraction of sp³-hybridized carbons (Fsp3) is 0.200. The summed E-state index contributed by atoms with van der Waals surface area (Å²) in [4.78, 5) is 0.267. The van der Waals surface area contributed by atoms with E-state index < -0.39 is 11.6 Å². The molecule has 106 valence electrons. The molecule has 0 aliphatic heterocycles. The summed E-state index contributed by atoms with van der Waals surface area (Å²) in [7, 11) is 1.58. The van der Waals surface area contributed by atoms with Crippen molar-refractivity contribution in [3.05, 3.63) is 59.7 Å². The summed E-state index contributed by atoms with van der Waals surface area (Å²) < 4.78 is 31.7. The van der Waals surface area contributed by atoms with Gasteiger partial charge in [0.2, 0.25) is 0 Å². The van der Waals surface area contributed by atoms with Crippen molar-refractivity contribution in [2.45, 2.75) is 10.9 Å². The van der Waals surface area contributed by atoms with Crippen molar-refractivity contribution in [1.82, 2.24) is 0 Å². The van der Waals surface area contributed by atoms with Gasteiger partial charge in [-0.05, 0) is 35.9 Å². The van der Waals surface area contributed by atoms with E-state index in [0.29, 0.717) is 5.75 Å². The molecule has 0 spiro atoms.